The summed E-state index contributed by atoms with van der Waals surface area (Å²) in [4.78, 5) is 14.4. The Labute approximate surface area is 127 Å². The van der Waals surface area contributed by atoms with Crippen LogP contribution < -0.4 is 5.32 Å². The quantitative estimate of drug-likeness (QED) is 0.809. The number of fused-ring (bicyclic) bond motifs is 1. The number of alkyl halides is 1. The summed E-state index contributed by atoms with van der Waals surface area (Å²) in [7, 11) is 0. The zero-order valence-electron chi connectivity index (χ0n) is 11.0. The zero-order chi connectivity index (χ0) is 13.2. The predicted molar refractivity (Wildman–Crippen MR) is 83.1 cm³/mol. The van der Waals surface area contributed by atoms with Crippen LogP contribution >= 0.6 is 27.3 Å². The molecule has 1 fully saturated rings. The minimum atomic E-state index is 0.0941. The van der Waals surface area contributed by atoms with Gasteiger partial charge in [0, 0.05) is 15.7 Å². The molecular weight excluding hydrogens is 322 g/mol. The summed E-state index contributed by atoms with van der Waals surface area (Å²) in [6.07, 6.45) is 8.12. The summed E-state index contributed by atoms with van der Waals surface area (Å²) in [5.74, 6) is 0.340. The maximum absolute atomic E-state index is 12.5. The Morgan fingerprint density at radius 2 is 2.11 bits per heavy atom. The number of carbonyl (C=O) groups is 1. The molecule has 19 heavy (non-hydrogen) atoms. The average molecular weight is 342 g/mol. The molecule has 1 aromatic heterocycles. The molecule has 1 amide bonds. The molecule has 1 N–H and O–H groups in total. The van der Waals surface area contributed by atoms with Crippen molar-refractivity contribution < 1.29 is 4.79 Å². The van der Waals surface area contributed by atoms with Crippen LogP contribution in [0.3, 0.4) is 0 Å². The minimum Gasteiger partial charge on any atom is -0.352 e. The van der Waals surface area contributed by atoms with Crippen LogP contribution in [-0.2, 0) is 11.2 Å². The number of aryl methyl sites for hydroxylation is 1. The Bertz CT molecular complexity index is 459. The summed E-state index contributed by atoms with van der Waals surface area (Å²) < 4.78 is 0. The van der Waals surface area contributed by atoms with Crippen molar-refractivity contribution in [2.45, 2.75) is 61.7 Å². The van der Waals surface area contributed by atoms with Crippen LogP contribution in [0.4, 0.5) is 0 Å². The van der Waals surface area contributed by atoms with E-state index < -0.39 is 0 Å². The SMILES string of the molecule is O=C(NC1CCCCC1Br)C1CCCc2sccc21. The Hall–Kier alpha value is -0.350. The number of rotatable bonds is 2. The van der Waals surface area contributed by atoms with Gasteiger partial charge in [-0.15, -0.1) is 11.3 Å². The lowest BCUT2D eigenvalue weighted by Gasteiger charge is -2.30. The van der Waals surface area contributed by atoms with Gasteiger partial charge in [0.1, 0.15) is 0 Å². The number of hydrogen-bond acceptors (Lipinski definition) is 2. The van der Waals surface area contributed by atoms with E-state index in [9.17, 15) is 4.79 Å². The minimum absolute atomic E-state index is 0.0941. The Morgan fingerprint density at radius 3 is 2.95 bits per heavy atom. The van der Waals surface area contributed by atoms with Gasteiger partial charge in [-0.1, -0.05) is 28.8 Å². The van der Waals surface area contributed by atoms with Gasteiger partial charge in [-0.05, 0) is 49.1 Å². The predicted octanol–water partition coefficient (Wildman–Crippen LogP) is 3.99. The highest BCUT2D eigenvalue weighted by Crippen LogP contribution is 2.35. The lowest BCUT2D eigenvalue weighted by atomic mass is 9.86. The second-order valence-electron chi connectivity index (χ2n) is 5.66. The van der Waals surface area contributed by atoms with Crippen molar-refractivity contribution in [2.24, 2.45) is 0 Å². The molecule has 4 heteroatoms. The second-order valence-corrected chi connectivity index (χ2v) is 7.84. The van der Waals surface area contributed by atoms with E-state index in [1.165, 1.54) is 29.7 Å². The first-order chi connectivity index (χ1) is 9.25. The highest BCUT2D eigenvalue weighted by molar-refractivity contribution is 9.09. The van der Waals surface area contributed by atoms with Crippen LogP contribution in [0.5, 0.6) is 0 Å². The standard InChI is InChI=1S/C15H20BrNOS/c16-12-5-1-2-6-13(12)17-15(18)11-4-3-7-14-10(11)8-9-19-14/h8-9,11-13H,1-7H2,(H,17,18). The molecule has 0 aromatic carbocycles. The third kappa shape index (κ3) is 2.89. The first-order valence-electron chi connectivity index (χ1n) is 7.26. The Balaban J connectivity index is 1.68. The van der Waals surface area contributed by atoms with Gasteiger partial charge in [0.25, 0.3) is 0 Å². The third-order valence-electron chi connectivity index (χ3n) is 4.38. The van der Waals surface area contributed by atoms with E-state index >= 15 is 0 Å². The number of amides is 1. The Morgan fingerprint density at radius 1 is 1.26 bits per heavy atom. The molecule has 2 nitrogen and oxygen atoms in total. The van der Waals surface area contributed by atoms with Gasteiger partial charge in [-0.3, -0.25) is 4.79 Å². The number of carbonyl (C=O) groups excluding carboxylic acids is 1. The van der Waals surface area contributed by atoms with Crippen LogP contribution in [0, 0.1) is 0 Å². The lowest BCUT2D eigenvalue weighted by molar-refractivity contribution is -0.123. The van der Waals surface area contributed by atoms with Crippen molar-refractivity contribution in [1.82, 2.24) is 5.32 Å². The molecular formula is C15H20BrNOS. The van der Waals surface area contributed by atoms with Crippen molar-refractivity contribution >= 4 is 33.2 Å². The molecule has 2 aliphatic carbocycles. The Kier molecular flexibility index (Phi) is 4.27. The molecule has 1 saturated carbocycles. The van der Waals surface area contributed by atoms with Gasteiger partial charge in [0.15, 0.2) is 0 Å². The van der Waals surface area contributed by atoms with E-state index in [1.54, 1.807) is 11.3 Å². The number of halogens is 1. The first-order valence-corrected chi connectivity index (χ1v) is 9.06. The molecule has 3 unspecified atom stereocenters. The van der Waals surface area contributed by atoms with Gasteiger partial charge in [0.2, 0.25) is 5.91 Å². The second kappa shape index (κ2) is 5.96. The van der Waals surface area contributed by atoms with Crippen LogP contribution in [0.1, 0.15) is 54.9 Å². The summed E-state index contributed by atoms with van der Waals surface area (Å²) in [6, 6.07) is 2.47. The van der Waals surface area contributed by atoms with Crippen LogP contribution in [0.15, 0.2) is 11.4 Å². The fraction of sp³-hybridized carbons (Fsp3) is 0.667. The van der Waals surface area contributed by atoms with E-state index in [0.29, 0.717) is 10.9 Å². The summed E-state index contributed by atoms with van der Waals surface area (Å²) in [5, 5.41) is 5.42. The third-order valence-corrected chi connectivity index (χ3v) is 6.47. The maximum Gasteiger partial charge on any atom is 0.227 e. The van der Waals surface area contributed by atoms with E-state index in [2.05, 4.69) is 32.7 Å². The van der Waals surface area contributed by atoms with Crippen molar-refractivity contribution in [3.63, 3.8) is 0 Å². The molecule has 0 bridgehead atoms. The van der Waals surface area contributed by atoms with Gasteiger partial charge in [0.05, 0.1) is 5.92 Å². The van der Waals surface area contributed by atoms with Gasteiger partial charge < -0.3 is 5.32 Å². The molecule has 3 rings (SSSR count). The molecule has 104 valence electrons. The first kappa shape index (κ1) is 13.6. The summed E-state index contributed by atoms with van der Waals surface area (Å²) >= 11 is 5.52. The largest absolute Gasteiger partial charge is 0.352 e. The van der Waals surface area contributed by atoms with Crippen molar-refractivity contribution in [3.05, 3.63) is 21.9 Å². The molecule has 0 aliphatic heterocycles. The van der Waals surface area contributed by atoms with Crippen LogP contribution in [0.25, 0.3) is 0 Å². The van der Waals surface area contributed by atoms with Gasteiger partial charge >= 0.3 is 0 Å². The molecule has 0 saturated heterocycles. The van der Waals surface area contributed by atoms with Crippen molar-refractivity contribution in [3.8, 4) is 0 Å². The maximum atomic E-state index is 12.5. The zero-order valence-corrected chi connectivity index (χ0v) is 13.4. The molecule has 1 aromatic rings. The molecule has 1 heterocycles. The van der Waals surface area contributed by atoms with Gasteiger partial charge in [-0.2, -0.15) is 0 Å². The molecule has 0 spiro atoms. The smallest absolute Gasteiger partial charge is 0.227 e. The highest BCUT2D eigenvalue weighted by Gasteiger charge is 2.31. The number of nitrogens with one attached hydrogen (secondary N) is 1. The summed E-state index contributed by atoms with van der Waals surface area (Å²) in [5.41, 5.74) is 1.29. The number of hydrogen-bond donors (Lipinski definition) is 1. The van der Waals surface area contributed by atoms with Crippen LogP contribution in [0.2, 0.25) is 0 Å². The molecule has 0 radical (unpaired) electrons. The highest BCUT2D eigenvalue weighted by atomic mass is 79.9. The monoisotopic (exact) mass is 341 g/mol. The topological polar surface area (TPSA) is 29.1 Å². The molecule has 3 atom stereocenters. The lowest BCUT2D eigenvalue weighted by Crippen LogP contribution is -2.44. The van der Waals surface area contributed by atoms with E-state index in [4.69, 9.17) is 0 Å². The van der Waals surface area contributed by atoms with Crippen molar-refractivity contribution in [2.75, 3.05) is 0 Å². The van der Waals surface area contributed by atoms with E-state index in [-0.39, 0.29) is 11.8 Å². The van der Waals surface area contributed by atoms with Gasteiger partial charge in [-0.25, -0.2) is 0 Å². The van der Waals surface area contributed by atoms with E-state index in [1.807, 2.05) is 0 Å². The van der Waals surface area contributed by atoms with Crippen LogP contribution in [-0.4, -0.2) is 16.8 Å². The normalized spacial score (nSPS) is 30.7. The summed E-state index contributed by atoms with van der Waals surface area (Å²) in [6.45, 7) is 0. The van der Waals surface area contributed by atoms with E-state index in [0.717, 1.165) is 25.7 Å². The average Bonchev–Trinajstić information content (AvgIpc) is 2.89. The molecule has 2 aliphatic rings. The fourth-order valence-corrected chi connectivity index (χ4v) is 5.00. The number of thiophene rings is 1. The van der Waals surface area contributed by atoms with Crippen molar-refractivity contribution in [1.29, 1.82) is 0 Å². The fourth-order valence-electron chi connectivity index (χ4n) is 3.29.